The maximum atomic E-state index is 9.22. The lowest BCUT2D eigenvalue weighted by atomic mass is 9.97. The fourth-order valence-electron chi connectivity index (χ4n) is 2.42. The Hall–Kier alpha value is -1.29. The van der Waals surface area contributed by atoms with Crippen molar-refractivity contribution in [2.45, 2.75) is 19.3 Å². The lowest BCUT2D eigenvalue weighted by molar-refractivity contribution is 0.199. The molecule has 1 aromatic rings. The van der Waals surface area contributed by atoms with Crippen LogP contribution in [0.15, 0.2) is 18.3 Å². The molecule has 0 saturated heterocycles. The number of anilines is 2. The van der Waals surface area contributed by atoms with Gasteiger partial charge in [-0.2, -0.15) is 0 Å². The van der Waals surface area contributed by atoms with Gasteiger partial charge in [-0.15, -0.1) is 0 Å². The van der Waals surface area contributed by atoms with Crippen LogP contribution in [-0.4, -0.2) is 23.2 Å². The molecule has 4 nitrogen and oxygen atoms in total. The first kappa shape index (κ1) is 11.2. The zero-order valence-electron chi connectivity index (χ0n) is 9.39. The molecule has 0 radical (unpaired) electrons. The van der Waals surface area contributed by atoms with E-state index in [2.05, 4.69) is 10.3 Å². The molecule has 0 aliphatic heterocycles. The van der Waals surface area contributed by atoms with Crippen molar-refractivity contribution in [3.63, 3.8) is 0 Å². The Balaban J connectivity index is 1.90. The first-order valence-corrected chi connectivity index (χ1v) is 5.86. The van der Waals surface area contributed by atoms with Crippen LogP contribution in [0.25, 0.3) is 0 Å². The molecular weight excluding hydrogens is 202 g/mol. The van der Waals surface area contributed by atoms with E-state index in [4.69, 9.17) is 5.73 Å². The first-order valence-electron chi connectivity index (χ1n) is 5.86. The van der Waals surface area contributed by atoms with Crippen molar-refractivity contribution in [1.29, 1.82) is 0 Å². The van der Waals surface area contributed by atoms with Gasteiger partial charge in [0.15, 0.2) is 0 Å². The Morgan fingerprint density at radius 1 is 1.44 bits per heavy atom. The molecule has 0 bridgehead atoms. The minimum Gasteiger partial charge on any atom is -0.396 e. The number of hydrogen-bond acceptors (Lipinski definition) is 4. The second-order valence-corrected chi connectivity index (χ2v) is 4.46. The number of nitrogens with one attached hydrogen (secondary N) is 1. The largest absolute Gasteiger partial charge is 0.396 e. The topological polar surface area (TPSA) is 71.2 Å². The van der Waals surface area contributed by atoms with E-state index in [0.29, 0.717) is 24.1 Å². The smallest absolute Gasteiger partial charge is 0.149 e. The highest BCUT2D eigenvalue weighted by Gasteiger charge is 2.26. The summed E-state index contributed by atoms with van der Waals surface area (Å²) in [5.41, 5.74) is 6.48. The molecule has 1 heterocycles. The van der Waals surface area contributed by atoms with Crippen molar-refractivity contribution in [3.05, 3.63) is 18.3 Å². The molecule has 16 heavy (non-hydrogen) atoms. The lowest BCUT2D eigenvalue weighted by Gasteiger charge is -2.18. The molecule has 0 spiro atoms. The fraction of sp³-hybridized carbons (Fsp3) is 0.583. The maximum absolute atomic E-state index is 9.22. The summed E-state index contributed by atoms with van der Waals surface area (Å²) in [6.07, 6.45) is 5.28. The first-order chi connectivity index (χ1) is 7.81. The molecular formula is C12H19N3O. The summed E-state index contributed by atoms with van der Waals surface area (Å²) >= 11 is 0. The Kier molecular flexibility index (Phi) is 3.62. The van der Waals surface area contributed by atoms with E-state index in [1.807, 2.05) is 12.1 Å². The van der Waals surface area contributed by atoms with Crippen LogP contribution in [0.3, 0.4) is 0 Å². The normalized spacial score (nSPS) is 24.6. The molecule has 1 aliphatic carbocycles. The predicted octanol–water partition coefficient (Wildman–Crippen LogP) is 1.48. The summed E-state index contributed by atoms with van der Waals surface area (Å²) in [7, 11) is 0. The van der Waals surface area contributed by atoms with Crippen molar-refractivity contribution >= 4 is 11.5 Å². The van der Waals surface area contributed by atoms with Crippen LogP contribution in [0, 0.1) is 11.8 Å². The van der Waals surface area contributed by atoms with Gasteiger partial charge in [-0.05, 0) is 36.8 Å². The molecule has 0 aromatic carbocycles. The number of aliphatic hydroxyl groups excluding tert-OH is 1. The number of nitrogens with two attached hydrogens (primary N) is 1. The third kappa shape index (κ3) is 2.44. The molecule has 4 N–H and O–H groups in total. The Labute approximate surface area is 95.9 Å². The highest BCUT2D eigenvalue weighted by atomic mass is 16.3. The molecule has 2 rings (SSSR count). The van der Waals surface area contributed by atoms with Crippen LogP contribution in [-0.2, 0) is 0 Å². The molecule has 2 atom stereocenters. The summed E-state index contributed by atoms with van der Waals surface area (Å²) in [6.45, 7) is 1.15. The van der Waals surface area contributed by atoms with Gasteiger partial charge < -0.3 is 16.2 Å². The van der Waals surface area contributed by atoms with Gasteiger partial charge >= 0.3 is 0 Å². The summed E-state index contributed by atoms with van der Waals surface area (Å²) in [4.78, 5) is 4.19. The third-order valence-corrected chi connectivity index (χ3v) is 3.42. The van der Waals surface area contributed by atoms with E-state index >= 15 is 0 Å². The molecule has 88 valence electrons. The highest BCUT2D eigenvalue weighted by molar-refractivity contribution is 5.60. The number of nitrogens with zero attached hydrogens (tertiary/aromatic N) is 1. The van der Waals surface area contributed by atoms with Gasteiger partial charge in [-0.25, -0.2) is 4.98 Å². The summed E-state index contributed by atoms with van der Waals surface area (Å²) in [5.74, 6) is 1.75. The second kappa shape index (κ2) is 5.16. The number of hydrogen-bond donors (Lipinski definition) is 3. The monoisotopic (exact) mass is 221 g/mol. The third-order valence-electron chi connectivity index (χ3n) is 3.42. The molecule has 4 heteroatoms. The van der Waals surface area contributed by atoms with Gasteiger partial charge in [0.1, 0.15) is 5.82 Å². The van der Waals surface area contributed by atoms with Gasteiger partial charge in [0.2, 0.25) is 0 Å². The molecule has 1 aromatic heterocycles. The lowest BCUT2D eigenvalue weighted by Crippen LogP contribution is -2.21. The van der Waals surface area contributed by atoms with E-state index in [-0.39, 0.29) is 0 Å². The maximum Gasteiger partial charge on any atom is 0.149 e. The molecule has 2 unspecified atom stereocenters. The zero-order valence-corrected chi connectivity index (χ0v) is 9.39. The van der Waals surface area contributed by atoms with E-state index in [1.165, 1.54) is 12.8 Å². The Morgan fingerprint density at radius 2 is 2.25 bits per heavy atom. The van der Waals surface area contributed by atoms with Crippen LogP contribution < -0.4 is 11.1 Å². The standard InChI is InChI=1S/C12H19N3O/c13-11-5-2-6-14-12(11)15-7-9-3-1-4-10(9)8-16/h2,5-6,9-10,16H,1,3-4,7-8,13H2,(H,14,15). The molecule has 1 fully saturated rings. The van der Waals surface area contributed by atoms with Gasteiger partial charge in [-0.3, -0.25) is 0 Å². The fourth-order valence-corrected chi connectivity index (χ4v) is 2.42. The van der Waals surface area contributed by atoms with Crippen LogP contribution in [0.4, 0.5) is 11.5 Å². The van der Waals surface area contributed by atoms with Gasteiger partial charge in [0.25, 0.3) is 0 Å². The Bertz CT molecular complexity index is 343. The number of aliphatic hydroxyl groups is 1. The van der Waals surface area contributed by atoms with Gasteiger partial charge in [-0.1, -0.05) is 6.42 Å². The van der Waals surface area contributed by atoms with Gasteiger partial charge in [0.05, 0.1) is 5.69 Å². The SMILES string of the molecule is Nc1cccnc1NCC1CCCC1CO. The van der Waals surface area contributed by atoms with Crippen molar-refractivity contribution < 1.29 is 5.11 Å². The van der Waals surface area contributed by atoms with Gasteiger partial charge in [0, 0.05) is 19.3 Å². The van der Waals surface area contributed by atoms with E-state index in [0.717, 1.165) is 18.8 Å². The average Bonchev–Trinajstić information content (AvgIpc) is 2.75. The van der Waals surface area contributed by atoms with Crippen molar-refractivity contribution in [2.75, 3.05) is 24.2 Å². The number of aromatic nitrogens is 1. The molecule has 0 amide bonds. The van der Waals surface area contributed by atoms with Crippen molar-refractivity contribution in [3.8, 4) is 0 Å². The number of rotatable bonds is 4. The quantitative estimate of drug-likeness (QED) is 0.720. The second-order valence-electron chi connectivity index (χ2n) is 4.46. The highest BCUT2D eigenvalue weighted by Crippen LogP contribution is 2.31. The minimum absolute atomic E-state index is 0.296. The van der Waals surface area contributed by atoms with Crippen LogP contribution >= 0.6 is 0 Å². The Morgan fingerprint density at radius 3 is 3.00 bits per heavy atom. The predicted molar refractivity (Wildman–Crippen MR) is 65.1 cm³/mol. The van der Waals surface area contributed by atoms with Crippen LogP contribution in [0.5, 0.6) is 0 Å². The summed E-state index contributed by atoms with van der Waals surface area (Å²) in [5, 5.41) is 12.5. The summed E-state index contributed by atoms with van der Waals surface area (Å²) in [6, 6.07) is 3.67. The van der Waals surface area contributed by atoms with Crippen molar-refractivity contribution in [1.82, 2.24) is 4.98 Å². The van der Waals surface area contributed by atoms with E-state index < -0.39 is 0 Å². The van der Waals surface area contributed by atoms with Crippen LogP contribution in [0.1, 0.15) is 19.3 Å². The van der Waals surface area contributed by atoms with E-state index in [1.54, 1.807) is 6.20 Å². The number of nitrogen functional groups attached to an aromatic ring is 1. The molecule has 1 saturated carbocycles. The van der Waals surface area contributed by atoms with Crippen LogP contribution in [0.2, 0.25) is 0 Å². The zero-order chi connectivity index (χ0) is 11.4. The summed E-state index contributed by atoms with van der Waals surface area (Å²) < 4.78 is 0. The van der Waals surface area contributed by atoms with E-state index in [9.17, 15) is 5.11 Å². The number of pyridine rings is 1. The minimum atomic E-state index is 0.296. The van der Waals surface area contributed by atoms with Crippen molar-refractivity contribution in [2.24, 2.45) is 11.8 Å². The average molecular weight is 221 g/mol. The molecule has 1 aliphatic rings.